The lowest BCUT2D eigenvalue weighted by Crippen LogP contribution is -2.32. The molecule has 6 heterocycles. The van der Waals surface area contributed by atoms with Gasteiger partial charge in [0.2, 0.25) is 22.6 Å². The molecule has 12 aromatic carbocycles. The van der Waals surface area contributed by atoms with E-state index in [-0.39, 0.29) is 0 Å². The second-order valence-corrected chi connectivity index (χ2v) is 30.1. The van der Waals surface area contributed by atoms with Crippen molar-refractivity contribution in [3.05, 3.63) is 462 Å². The number of para-hydroxylation sites is 1. The number of benzene rings is 12. The smallest absolute Gasteiger partial charge is 0.220 e. The number of pyridine rings is 5. The number of aromatic nitrogens is 5. The van der Waals surface area contributed by atoms with Crippen LogP contribution < -0.4 is 22.8 Å². The van der Waals surface area contributed by atoms with Crippen LogP contribution in [-0.2, 0) is 48.1 Å². The number of fused-ring (bicyclic) bond motifs is 9. The minimum atomic E-state index is 0.432. The molecule has 17 aromatic rings. The molecular weight excluding hydrogens is 1810 g/mol. The Morgan fingerprint density at radius 2 is 0.533 bits per heavy atom. The lowest BCUT2D eigenvalue weighted by Gasteiger charge is -2.08. The summed E-state index contributed by atoms with van der Waals surface area (Å²) in [7, 11) is 12.5. The van der Waals surface area contributed by atoms with Gasteiger partial charge in [-0.25, -0.2) is 22.8 Å². The maximum atomic E-state index is 2.26. The van der Waals surface area contributed by atoms with Crippen molar-refractivity contribution in [2.24, 2.45) is 35.2 Å². The van der Waals surface area contributed by atoms with Crippen LogP contribution in [0.2, 0.25) is 0 Å². The maximum Gasteiger partial charge on any atom is 0.220 e. The third-order valence-corrected chi connectivity index (χ3v) is 21.9. The Kier molecular flexibility index (Phi) is 94.7. The highest BCUT2D eigenvalue weighted by Crippen LogP contribution is 2.38. The lowest BCUT2D eigenvalue weighted by molar-refractivity contribution is -0.677. The van der Waals surface area contributed by atoms with Crippen molar-refractivity contribution in [2.75, 3.05) is 7.05 Å². The topological polar surface area (TPSA) is 22.4 Å². The molecule has 20 rings (SSSR count). The number of nitrogens with zero attached hydrogens (tertiary/aromatic N) is 6. The lowest BCUT2D eigenvalue weighted by atomic mass is 10.00. The molecule has 0 N–H and O–H groups in total. The zero-order valence-corrected chi connectivity index (χ0v) is 104. The summed E-state index contributed by atoms with van der Waals surface area (Å²) in [4.78, 5) is 0. The maximum absolute atomic E-state index is 2.26. The molecule has 1 unspecified atom stereocenters. The van der Waals surface area contributed by atoms with E-state index >= 15 is 0 Å². The average Bonchev–Trinajstić information content (AvgIpc) is 1.42. The SMILES string of the molecule is CC.CC.CC.CC.CC.CC.CC.CC.CC.CC.CC.CC.CC.CC.CC.CC.CC.Cc1cccc[n+]1C.Cc1cccc[n+]1C.Cc1ccccc1.Cc1ccccc1-c1c2ccccc2cc[n+]1C.Cc1ccccc1-c1cc2ccccc2c[n+]1C.Cc1ccccc1-c1ccc2ccccc2[n+]1C.Cc1ccccc1C1C=CC=[N+]1C.c1ccc2c(c1)Cc1ccccc1-2.c1ccc2c(c1)Cc1ccccc1-2. The van der Waals surface area contributed by atoms with E-state index in [0.717, 1.165) is 12.8 Å². The molecule has 0 bridgehead atoms. The number of aryl methyl sites for hydroxylation is 12. The fourth-order valence-electron chi connectivity index (χ4n) is 15.1. The first-order chi connectivity index (χ1) is 73.5. The van der Waals surface area contributed by atoms with E-state index in [0.29, 0.717) is 6.04 Å². The molecule has 0 fully saturated rings. The molecule has 1 aliphatic heterocycles. The highest BCUT2D eigenvalue weighted by atomic mass is 15.0. The van der Waals surface area contributed by atoms with Crippen LogP contribution >= 0.6 is 0 Å². The summed E-state index contributed by atoms with van der Waals surface area (Å²) in [5.41, 5.74) is 31.0. The standard InChI is InChI=1S/3C17H16N.2C13H10.C12H14N.2C7H10N.C7H8.17C2H6/c1-13-7-3-6-10-16(13)17-11-14-8-4-5-9-15(14)12-18(17)2;1-13-7-3-5-9-15(13)17-16-10-6-4-8-14(16)11-12-18(17)2;1-13-7-3-5-9-15(13)17-12-11-14-8-4-6-10-16(14)18(17)2;2*1-3-7-12-10(5-1)9-11-6-2-4-8-13(11)12;1-10-6-3-4-7-11(10)12-8-5-9-13(12)2;2*1-7-5-3-4-6-8(7)2;1-7-5-3-2-4-6-7;17*1-2/h3*3-12H,1-2H3;2*1-8H,9H2;3-9,12H,1-2H3;2*3-6H,1-2H3;2-6H,1H3;17*1-2H3/q3*+1;;;3*+1;;;;;;;;;;;;;;;;;;. The second-order valence-electron chi connectivity index (χ2n) is 30.1. The van der Waals surface area contributed by atoms with Crippen molar-refractivity contribution in [3.8, 4) is 56.0 Å². The van der Waals surface area contributed by atoms with Crippen molar-refractivity contribution in [2.45, 2.75) is 303 Å². The van der Waals surface area contributed by atoms with E-state index < -0.39 is 0 Å². The van der Waals surface area contributed by atoms with Crippen molar-refractivity contribution >= 4 is 38.7 Å². The first-order valence-electron chi connectivity index (χ1n) is 57.3. The third-order valence-electron chi connectivity index (χ3n) is 21.9. The van der Waals surface area contributed by atoms with Crippen molar-refractivity contribution in [1.82, 2.24) is 0 Å². The van der Waals surface area contributed by atoms with E-state index in [2.05, 4.69) is 450 Å². The van der Waals surface area contributed by atoms with Gasteiger partial charge in [-0.3, -0.25) is 0 Å². The Bertz CT molecular complexity index is 5910. The summed E-state index contributed by atoms with van der Waals surface area (Å²) in [6.07, 6.45) is 17.0. The molecule has 0 saturated carbocycles. The Balaban J connectivity index is -0.000000379. The second kappa shape index (κ2) is 96.4. The van der Waals surface area contributed by atoms with Gasteiger partial charge >= 0.3 is 0 Å². The molecule has 0 spiro atoms. The van der Waals surface area contributed by atoms with E-state index in [4.69, 9.17) is 0 Å². The van der Waals surface area contributed by atoms with Gasteiger partial charge in [-0.15, -0.1) is 0 Å². The van der Waals surface area contributed by atoms with Gasteiger partial charge in [0.1, 0.15) is 42.3 Å². The highest BCUT2D eigenvalue weighted by molar-refractivity contribution is 5.93. The van der Waals surface area contributed by atoms with Gasteiger partial charge in [0.05, 0.1) is 5.39 Å². The van der Waals surface area contributed by atoms with Crippen LogP contribution in [0.5, 0.6) is 0 Å². The molecular formula is C144H212N6+6. The summed E-state index contributed by atoms with van der Waals surface area (Å²) in [6.45, 7) is 82.9. The van der Waals surface area contributed by atoms with Gasteiger partial charge < -0.3 is 0 Å². The van der Waals surface area contributed by atoms with Gasteiger partial charge in [-0.05, 0) is 174 Å². The molecule has 6 nitrogen and oxygen atoms in total. The van der Waals surface area contributed by atoms with E-state index in [1.807, 2.05) is 304 Å². The number of allylic oxidation sites excluding steroid dienone is 1. The van der Waals surface area contributed by atoms with Gasteiger partial charge in [0.15, 0.2) is 48.4 Å². The molecule has 0 radical (unpaired) electrons. The summed E-state index contributed by atoms with van der Waals surface area (Å²) in [6, 6.07) is 126. The summed E-state index contributed by atoms with van der Waals surface area (Å²) >= 11 is 0. The van der Waals surface area contributed by atoms with Gasteiger partial charge in [-0.1, -0.05) is 508 Å². The van der Waals surface area contributed by atoms with Crippen LogP contribution in [-0.4, -0.2) is 17.8 Å². The zero-order chi connectivity index (χ0) is 115. The fourth-order valence-corrected chi connectivity index (χ4v) is 15.1. The minimum absolute atomic E-state index is 0.432. The number of rotatable bonds is 4. The van der Waals surface area contributed by atoms with Gasteiger partial charge in [0, 0.05) is 101 Å². The average molecular weight is 2030 g/mol. The Morgan fingerprint density at radius 3 is 0.887 bits per heavy atom. The monoisotopic (exact) mass is 2030 g/mol. The highest BCUT2D eigenvalue weighted by Gasteiger charge is 2.23. The molecule has 3 aliphatic rings. The van der Waals surface area contributed by atoms with Crippen molar-refractivity contribution < 1.29 is 27.4 Å². The van der Waals surface area contributed by atoms with Crippen LogP contribution in [0, 0.1) is 48.5 Å². The summed E-state index contributed by atoms with van der Waals surface area (Å²) in [5, 5.41) is 6.43. The molecule has 812 valence electrons. The van der Waals surface area contributed by atoms with Gasteiger partial charge in [0.25, 0.3) is 0 Å². The Hall–Kier alpha value is -13.4. The Labute approximate surface area is 922 Å². The van der Waals surface area contributed by atoms with Crippen LogP contribution in [0.15, 0.2) is 395 Å². The normalized spacial score (nSPS) is 9.86. The van der Waals surface area contributed by atoms with Crippen LogP contribution in [0.3, 0.4) is 0 Å². The van der Waals surface area contributed by atoms with E-state index in [1.54, 1.807) is 0 Å². The molecule has 0 amide bonds. The summed E-state index contributed by atoms with van der Waals surface area (Å²) < 4.78 is 13.1. The molecule has 1 atom stereocenters. The zero-order valence-electron chi connectivity index (χ0n) is 104. The van der Waals surface area contributed by atoms with Crippen LogP contribution in [0.25, 0.3) is 88.5 Å². The van der Waals surface area contributed by atoms with Crippen LogP contribution in [0.4, 0.5) is 0 Å². The first kappa shape index (κ1) is 147. The Morgan fingerprint density at radius 1 is 0.220 bits per heavy atom. The number of hydrogen-bond acceptors (Lipinski definition) is 0. The molecule has 2 aliphatic carbocycles. The van der Waals surface area contributed by atoms with Gasteiger partial charge in [-0.2, -0.15) is 4.57 Å². The molecule has 0 saturated heterocycles. The largest absolute Gasteiger partial charge is 0.228 e. The third kappa shape index (κ3) is 50.7. The summed E-state index contributed by atoms with van der Waals surface area (Å²) in [5.74, 6) is 0. The fraction of sp³-hybridized carbons (Fsp3) is 0.347. The molecule has 6 heteroatoms. The van der Waals surface area contributed by atoms with Crippen molar-refractivity contribution in [1.29, 1.82) is 0 Å². The number of hydrogen-bond donors (Lipinski definition) is 0. The predicted octanol–water partition coefficient (Wildman–Crippen LogP) is 40.8. The predicted molar refractivity (Wildman–Crippen MR) is 679 cm³/mol. The van der Waals surface area contributed by atoms with Crippen LogP contribution in [0.1, 0.15) is 308 Å². The van der Waals surface area contributed by atoms with E-state index in [1.165, 1.54) is 155 Å². The van der Waals surface area contributed by atoms with E-state index in [9.17, 15) is 0 Å². The molecule has 5 aromatic heterocycles. The molecule has 150 heavy (non-hydrogen) atoms. The quantitative estimate of drug-likeness (QED) is 0.157. The first-order valence-corrected chi connectivity index (χ1v) is 57.3. The minimum Gasteiger partial charge on any atom is -0.228 e. The van der Waals surface area contributed by atoms with Crippen molar-refractivity contribution in [3.63, 3.8) is 0 Å². The number of likely N-dealkylation sites (N-methyl/N-ethyl adjacent to an activating group) is 1.